The Kier molecular flexibility index (Phi) is 5.71. The molecule has 2 aromatic carbocycles. The van der Waals surface area contributed by atoms with Crippen molar-refractivity contribution in [3.8, 4) is 11.5 Å². The number of fused-ring (bicyclic) bond motifs is 5. The Labute approximate surface area is 204 Å². The van der Waals surface area contributed by atoms with E-state index in [1.165, 1.54) is 6.21 Å². The smallest absolute Gasteiger partial charge is 0.254 e. The highest BCUT2D eigenvalue weighted by atomic mass is 127. The number of halogens is 2. The highest BCUT2D eigenvalue weighted by Crippen LogP contribution is 2.52. The van der Waals surface area contributed by atoms with Gasteiger partial charge in [-0.3, -0.25) is 9.59 Å². The Morgan fingerprint density at radius 3 is 2.50 bits per heavy atom. The van der Waals surface area contributed by atoms with Crippen LogP contribution in [0.4, 0.5) is 0 Å². The lowest BCUT2D eigenvalue weighted by Gasteiger charge is -2.14. The molecule has 164 valence electrons. The van der Waals surface area contributed by atoms with Crippen LogP contribution in [0.25, 0.3) is 0 Å². The van der Waals surface area contributed by atoms with Gasteiger partial charge in [-0.1, -0.05) is 42.0 Å². The minimum atomic E-state index is -0.259. The van der Waals surface area contributed by atoms with Crippen molar-refractivity contribution in [3.05, 3.63) is 68.3 Å². The molecule has 0 aromatic heterocycles. The predicted octanol–water partition coefficient (Wildman–Crippen LogP) is 4.67. The molecule has 1 aliphatic heterocycles. The summed E-state index contributed by atoms with van der Waals surface area (Å²) >= 11 is 8.38. The molecule has 4 atom stereocenters. The van der Waals surface area contributed by atoms with Crippen LogP contribution < -0.4 is 9.47 Å². The topological polar surface area (TPSA) is 68.2 Å². The number of hydrazone groups is 1. The molecule has 32 heavy (non-hydrogen) atoms. The van der Waals surface area contributed by atoms with Gasteiger partial charge in [0.05, 0.1) is 28.7 Å². The predicted molar refractivity (Wildman–Crippen MR) is 129 cm³/mol. The molecule has 2 aliphatic carbocycles. The first kappa shape index (κ1) is 21.5. The molecule has 5 rings (SSSR count). The number of imide groups is 1. The van der Waals surface area contributed by atoms with Gasteiger partial charge in [0.1, 0.15) is 6.61 Å². The highest BCUT2D eigenvalue weighted by Gasteiger charge is 2.59. The first-order valence-corrected chi connectivity index (χ1v) is 11.8. The van der Waals surface area contributed by atoms with E-state index in [2.05, 4.69) is 39.8 Å². The second kappa shape index (κ2) is 8.51. The quantitative estimate of drug-likeness (QED) is 0.222. The Morgan fingerprint density at radius 1 is 1.16 bits per heavy atom. The van der Waals surface area contributed by atoms with Crippen LogP contribution in [0.1, 0.15) is 17.5 Å². The number of carbonyl (C=O) groups is 2. The second-order valence-corrected chi connectivity index (χ2v) is 9.72. The molecule has 8 heteroatoms. The molecule has 1 heterocycles. The van der Waals surface area contributed by atoms with Crippen molar-refractivity contribution in [2.24, 2.45) is 28.8 Å². The largest absolute Gasteiger partial charge is 0.493 e. The first-order chi connectivity index (χ1) is 15.5. The Hall–Kier alpha value is -2.39. The molecule has 1 saturated carbocycles. The van der Waals surface area contributed by atoms with Crippen molar-refractivity contribution in [2.75, 3.05) is 7.11 Å². The van der Waals surface area contributed by atoms with E-state index in [1.807, 2.05) is 30.3 Å². The third kappa shape index (κ3) is 3.61. The Morgan fingerprint density at radius 2 is 1.84 bits per heavy atom. The lowest BCUT2D eigenvalue weighted by atomic mass is 9.85. The highest BCUT2D eigenvalue weighted by molar-refractivity contribution is 14.1. The lowest BCUT2D eigenvalue weighted by Crippen LogP contribution is -2.28. The molecule has 1 saturated heterocycles. The standard InChI is InChI=1S/C24H20ClIN2O4/c1-31-19-9-13(8-18(26)22(19)32-12-16-4-2-3-5-17(16)25)11-27-28-23(29)20-14-6-7-15(10-14)21(20)24(28)30/h2-9,11,14-15,20-21H,10,12H2,1H3/t14-,15-,20-,21+/m0/s1. The molecule has 2 amide bonds. The van der Waals surface area contributed by atoms with E-state index in [1.54, 1.807) is 13.2 Å². The van der Waals surface area contributed by atoms with Crippen LogP contribution in [0.5, 0.6) is 11.5 Å². The van der Waals surface area contributed by atoms with Gasteiger partial charge in [0, 0.05) is 10.6 Å². The number of ether oxygens (including phenoxy) is 2. The van der Waals surface area contributed by atoms with E-state index >= 15 is 0 Å². The van der Waals surface area contributed by atoms with E-state index in [0.717, 1.165) is 20.6 Å². The molecule has 6 nitrogen and oxygen atoms in total. The van der Waals surface area contributed by atoms with Gasteiger partial charge in [-0.05, 0) is 64.6 Å². The monoisotopic (exact) mass is 562 g/mol. The molecule has 3 aliphatic rings. The normalized spacial score (nSPS) is 25.8. The van der Waals surface area contributed by atoms with Gasteiger partial charge in [0.25, 0.3) is 11.8 Å². The fourth-order valence-corrected chi connectivity index (χ4v) is 5.82. The summed E-state index contributed by atoms with van der Waals surface area (Å²) in [7, 11) is 1.56. The van der Waals surface area contributed by atoms with Crippen molar-refractivity contribution < 1.29 is 19.1 Å². The number of methoxy groups -OCH3 is 1. The zero-order valence-electron chi connectivity index (χ0n) is 17.2. The third-order valence-corrected chi connectivity index (χ3v) is 7.52. The minimum Gasteiger partial charge on any atom is -0.493 e. The number of amides is 2. The third-order valence-electron chi connectivity index (χ3n) is 6.35. The number of hydrogen-bond acceptors (Lipinski definition) is 5. The Balaban J connectivity index is 1.34. The minimum absolute atomic E-state index is 0.164. The molecule has 2 aromatic rings. The van der Waals surface area contributed by atoms with Gasteiger partial charge >= 0.3 is 0 Å². The van der Waals surface area contributed by atoms with Gasteiger partial charge in [0.15, 0.2) is 11.5 Å². The molecule has 0 unspecified atom stereocenters. The number of carbonyl (C=O) groups excluding carboxylic acids is 2. The summed E-state index contributed by atoms with van der Waals surface area (Å²) in [5.74, 6) is 0.535. The van der Waals surface area contributed by atoms with Gasteiger partial charge < -0.3 is 9.47 Å². The average Bonchev–Trinajstić information content (AvgIpc) is 3.46. The van der Waals surface area contributed by atoms with E-state index in [-0.39, 0.29) is 35.5 Å². The molecule has 0 spiro atoms. The summed E-state index contributed by atoms with van der Waals surface area (Å²) in [6.07, 6.45) is 6.56. The van der Waals surface area contributed by atoms with E-state index in [9.17, 15) is 9.59 Å². The van der Waals surface area contributed by atoms with Crippen molar-refractivity contribution in [3.63, 3.8) is 0 Å². The number of allylic oxidation sites excluding steroid dienone is 2. The molecule has 2 bridgehead atoms. The summed E-state index contributed by atoms with van der Waals surface area (Å²) in [5.41, 5.74) is 1.58. The summed E-state index contributed by atoms with van der Waals surface area (Å²) in [5, 5.41) is 5.93. The lowest BCUT2D eigenvalue weighted by molar-refractivity contribution is -0.140. The van der Waals surface area contributed by atoms with Crippen LogP contribution in [0.15, 0.2) is 53.7 Å². The van der Waals surface area contributed by atoms with Crippen LogP contribution in [-0.4, -0.2) is 30.1 Å². The fourth-order valence-electron chi connectivity index (χ4n) is 4.84. The Bertz CT molecular complexity index is 1130. The molecule has 0 N–H and O–H groups in total. The SMILES string of the molecule is COc1cc(C=NN2C(=O)[C@@H]3[C@H](C2=O)[C@H]2C=C[C@H]3C2)cc(I)c1OCc1ccccc1Cl. The van der Waals surface area contributed by atoms with E-state index in [4.69, 9.17) is 21.1 Å². The summed E-state index contributed by atoms with van der Waals surface area (Å²) < 4.78 is 12.3. The van der Waals surface area contributed by atoms with E-state index in [0.29, 0.717) is 28.7 Å². The maximum absolute atomic E-state index is 12.8. The second-order valence-electron chi connectivity index (χ2n) is 8.15. The first-order valence-electron chi connectivity index (χ1n) is 10.3. The maximum atomic E-state index is 12.8. The number of rotatable bonds is 6. The zero-order chi connectivity index (χ0) is 22.4. The van der Waals surface area contributed by atoms with E-state index < -0.39 is 0 Å². The van der Waals surface area contributed by atoms with Crippen LogP contribution in [0, 0.1) is 27.2 Å². The van der Waals surface area contributed by atoms with Crippen molar-refractivity contribution in [1.29, 1.82) is 0 Å². The maximum Gasteiger partial charge on any atom is 0.254 e. The number of benzene rings is 2. The van der Waals surface area contributed by atoms with Crippen molar-refractivity contribution >= 4 is 52.2 Å². The number of nitrogens with zero attached hydrogens (tertiary/aromatic N) is 2. The van der Waals surface area contributed by atoms with Crippen LogP contribution in [0.3, 0.4) is 0 Å². The summed E-state index contributed by atoms with van der Waals surface area (Å²) in [4.78, 5) is 25.6. The zero-order valence-corrected chi connectivity index (χ0v) is 20.1. The fraction of sp³-hybridized carbons (Fsp3) is 0.292. The van der Waals surface area contributed by atoms with Crippen LogP contribution >= 0.6 is 34.2 Å². The van der Waals surface area contributed by atoms with Crippen LogP contribution in [0.2, 0.25) is 5.02 Å². The van der Waals surface area contributed by atoms with Crippen LogP contribution in [-0.2, 0) is 16.2 Å². The molecular formula is C24H20ClIN2O4. The molecule has 0 radical (unpaired) electrons. The van der Waals surface area contributed by atoms with Crippen molar-refractivity contribution in [1.82, 2.24) is 5.01 Å². The van der Waals surface area contributed by atoms with Gasteiger partial charge in [-0.15, -0.1) is 0 Å². The summed E-state index contributed by atoms with van der Waals surface area (Å²) in [6, 6.07) is 11.1. The average molecular weight is 563 g/mol. The van der Waals surface area contributed by atoms with Crippen molar-refractivity contribution in [2.45, 2.75) is 13.0 Å². The molecular weight excluding hydrogens is 543 g/mol. The number of hydrogen-bond donors (Lipinski definition) is 0. The van der Waals surface area contributed by atoms with Gasteiger partial charge in [-0.25, -0.2) is 0 Å². The van der Waals surface area contributed by atoms with Gasteiger partial charge in [-0.2, -0.15) is 10.1 Å². The summed E-state index contributed by atoms with van der Waals surface area (Å²) in [6.45, 7) is 0.301. The van der Waals surface area contributed by atoms with Gasteiger partial charge in [0.2, 0.25) is 0 Å². The molecule has 2 fully saturated rings.